The Hall–Kier alpha value is -3.47. The van der Waals surface area contributed by atoms with Crippen molar-refractivity contribution in [3.05, 3.63) is 107 Å². The Morgan fingerprint density at radius 2 is 1.77 bits per heavy atom. The zero-order valence-electron chi connectivity index (χ0n) is 17.1. The van der Waals surface area contributed by atoms with Gasteiger partial charge in [0.05, 0.1) is 5.69 Å². The van der Waals surface area contributed by atoms with Crippen LogP contribution in [-0.2, 0) is 11.3 Å². The Balaban J connectivity index is 1.62. The first-order valence-electron chi connectivity index (χ1n) is 10.0. The number of imidazole rings is 1. The minimum Gasteiger partial charge on any atom is -0.352 e. The molecule has 1 atom stereocenters. The lowest BCUT2D eigenvalue weighted by molar-refractivity contribution is -0.121. The topological polar surface area (TPSA) is 46.4 Å². The van der Waals surface area contributed by atoms with Gasteiger partial charge >= 0.3 is 0 Å². The number of aryl methyl sites for hydroxylation is 2. The Morgan fingerprint density at radius 1 is 1.03 bits per heavy atom. The second-order valence-electron chi connectivity index (χ2n) is 7.58. The van der Waals surface area contributed by atoms with Gasteiger partial charge in [-0.15, -0.1) is 0 Å². The van der Waals surface area contributed by atoms with Crippen molar-refractivity contribution >= 4 is 11.6 Å². The Kier molecular flexibility index (Phi) is 5.61. The van der Waals surface area contributed by atoms with E-state index in [9.17, 15) is 9.18 Å². The van der Waals surface area contributed by atoms with Crippen LogP contribution in [0.4, 0.5) is 4.39 Å². The Bertz CT molecular complexity index is 1180. The Labute approximate surface area is 175 Å². The van der Waals surface area contributed by atoms with Crippen LogP contribution in [0, 0.1) is 19.7 Å². The van der Waals surface area contributed by atoms with Crippen molar-refractivity contribution in [1.82, 2.24) is 14.7 Å². The summed E-state index contributed by atoms with van der Waals surface area (Å²) in [6.07, 6.45) is 4.16. The second-order valence-corrected chi connectivity index (χ2v) is 7.58. The lowest BCUT2D eigenvalue weighted by Crippen LogP contribution is -2.25. The second kappa shape index (κ2) is 8.49. The van der Waals surface area contributed by atoms with E-state index in [2.05, 4.69) is 33.8 Å². The van der Waals surface area contributed by atoms with Crippen LogP contribution in [0.5, 0.6) is 0 Å². The molecule has 0 saturated carbocycles. The van der Waals surface area contributed by atoms with Gasteiger partial charge in [0.25, 0.3) is 0 Å². The Morgan fingerprint density at radius 3 is 2.53 bits per heavy atom. The zero-order chi connectivity index (χ0) is 21.1. The summed E-state index contributed by atoms with van der Waals surface area (Å²) in [4.78, 5) is 17.5. The number of amides is 1. The van der Waals surface area contributed by atoms with Gasteiger partial charge in [0.15, 0.2) is 0 Å². The van der Waals surface area contributed by atoms with Crippen molar-refractivity contribution in [2.75, 3.05) is 0 Å². The van der Waals surface area contributed by atoms with E-state index in [4.69, 9.17) is 0 Å². The van der Waals surface area contributed by atoms with Gasteiger partial charge < -0.3 is 9.72 Å². The third kappa shape index (κ3) is 4.10. The van der Waals surface area contributed by atoms with E-state index in [0.29, 0.717) is 13.0 Å². The number of nitrogens with one attached hydrogen (secondary N) is 1. The fourth-order valence-corrected chi connectivity index (χ4v) is 3.84. The van der Waals surface area contributed by atoms with E-state index in [1.54, 1.807) is 12.1 Å². The van der Waals surface area contributed by atoms with Crippen LogP contribution in [0.1, 0.15) is 40.3 Å². The van der Waals surface area contributed by atoms with E-state index in [1.165, 1.54) is 12.1 Å². The molecule has 4 rings (SSSR count). The van der Waals surface area contributed by atoms with Crippen LogP contribution in [0.3, 0.4) is 0 Å². The summed E-state index contributed by atoms with van der Waals surface area (Å²) >= 11 is 0. The molecular weight excluding hydrogens is 377 g/mol. The molecule has 1 amide bonds. The molecule has 0 aliphatic heterocycles. The monoisotopic (exact) mass is 401 g/mol. The number of rotatable bonds is 6. The first-order valence-corrected chi connectivity index (χ1v) is 10.0. The lowest BCUT2D eigenvalue weighted by atomic mass is 9.89. The highest BCUT2D eigenvalue weighted by Crippen LogP contribution is 2.31. The van der Waals surface area contributed by atoms with Gasteiger partial charge in [-0.3, -0.25) is 4.79 Å². The van der Waals surface area contributed by atoms with E-state index in [-0.39, 0.29) is 17.6 Å². The van der Waals surface area contributed by atoms with Crippen molar-refractivity contribution in [3.8, 4) is 0 Å². The van der Waals surface area contributed by atoms with E-state index in [1.807, 2.05) is 43.6 Å². The van der Waals surface area contributed by atoms with Crippen LogP contribution in [0.15, 0.2) is 73.1 Å². The molecule has 0 aliphatic rings. The van der Waals surface area contributed by atoms with Crippen molar-refractivity contribution in [1.29, 1.82) is 0 Å². The zero-order valence-corrected chi connectivity index (χ0v) is 17.1. The summed E-state index contributed by atoms with van der Waals surface area (Å²) in [6.45, 7) is 4.46. The highest BCUT2D eigenvalue weighted by molar-refractivity contribution is 5.77. The average Bonchev–Trinajstić information content (AvgIpc) is 3.17. The molecule has 152 valence electrons. The van der Waals surface area contributed by atoms with Gasteiger partial charge in [-0.25, -0.2) is 9.37 Å². The maximum absolute atomic E-state index is 13.1. The molecule has 30 heavy (non-hydrogen) atoms. The van der Waals surface area contributed by atoms with Crippen LogP contribution >= 0.6 is 0 Å². The smallest absolute Gasteiger partial charge is 0.221 e. The van der Waals surface area contributed by atoms with Gasteiger partial charge in [0.2, 0.25) is 5.91 Å². The summed E-state index contributed by atoms with van der Waals surface area (Å²) in [5, 5.41) is 2.97. The minimum atomic E-state index is -0.285. The number of halogens is 1. The lowest BCUT2D eigenvalue weighted by Gasteiger charge is -2.19. The van der Waals surface area contributed by atoms with E-state index < -0.39 is 0 Å². The number of carbonyl (C=O) groups is 1. The highest BCUT2D eigenvalue weighted by atomic mass is 19.1. The van der Waals surface area contributed by atoms with Gasteiger partial charge in [-0.2, -0.15) is 0 Å². The van der Waals surface area contributed by atoms with Crippen LogP contribution in [0.25, 0.3) is 5.65 Å². The molecule has 5 heteroatoms. The van der Waals surface area contributed by atoms with Crippen molar-refractivity contribution < 1.29 is 9.18 Å². The van der Waals surface area contributed by atoms with Crippen molar-refractivity contribution in [2.24, 2.45) is 0 Å². The van der Waals surface area contributed by atoms with Crippen molar-refractivity contribution in [3.63, 3.8) is 0 Å². The predicted molar refractivity (Wildman–Crippen MR) is 116 cm³/mol. The van der Waals surface area contributed by atoms with Gasteiger partial charge in [-0.05, 0) is 54.3 Å². The van der Waals surface area contributed by atoms with E-state index >= 15 is 0 Å². The molecule has 0 spiro atoms. The number of carbonyl (C=O) groups excluding carboxylic acids is 1. The molecular formula is C25H24FN3O. The molecule has 4 aromatic rings. The molecule has 2 aromatic carbocycles. The number of hydrogen-bond donors (Lipinski definition) is 1. The van der Waals surface area contributed by atoms with Gasteiger partial charge in [0.1, 0.15) is 11.5 Å². The molecule has 0 bridgehead atoms. The number of aromatic nitrogens is 2. The average molecular weight is 401 g/mol. The normalized spacial score (nSPS) is 12.1. The fraction of sp³-hybridized carbons (Fsp3) is 0.200. The first-order chi connectivity index (χ1) is 14.5. The molecule has 1 unspecified atom stereocenters. The molecule has 0 aliphatic carbocycles. The molecule has 0 radical (unpaired) electrons. The van der Waals surface area contributed by atoms with Gasteiger partial charge in [0, 0.05) is 31.3 Å². The van der Waals surface area contributed by atoms with Crippen molar-refractivity contribution in [2.45, 2.75) is 32.7 Å². The quantitative estimate of drug-likeness (QED) is 0.498. The fourth-order valence-electron chi connectivity index (χ4n) is 3.84. The summed E-state index contributed by atoms with van der Waals surface area (Å²) < 4.78 is 15.2. The largest absolute Gasteiger partial charge is 0.352 e. The standard InChI is InChI=1S/C25H24FN3O/c1-17-6-3-4-8-21(17)22(23-16-28-25-18(2)7-5-13-29(23)25)14-24(30)27-15-19-9-11-20(26)12-10-19/h3-13,16,22H,14-15H2,1-2H3,(H,27,30). The highest BCUT2D eigenvalue weighted by Gasteiger charge is 2.23. The third-order valence-corrected chi connectivity index (χ3v) is 5.47. The van der Waals surface area contributed by atoms with Gasteiger partial charge in [-0.1, -0.05) is 42.5 Å². The predicted octanol–water partition coefficient (Wildman–Crippen LogP) is 4.93. The molecule has 2 heterocycles. The maximum atomic E-state index is 13.1. The number of nitrogens with zero attached hydrogens (tertiary/aromatic N) is 2. The molecule has 1 N–H and O–H groups in total. The number of hydrogen-bond acceptors (Lipinski definition) is 2. The summed E-state index contributed by atoms with van der Waals surface area (Å²) in [7, 11) is 0. The molecule has 0 saturated heterocycles. The summed E-state index contributed by atoms with van der Waals surface area (Å²) in [5.41, 5.74) is 6.09. The van der Waals surface area contributed by atoms with Crippen LogP contribution in [0.2, 0.25) is 0 Å². The number of pyridine rings is 1. The molecule has 0 fully saturated rings. The SMILES string of the molecule is Cc1ccccc1C(CC(=O)NCc1ccc(F)cc1)c1cnc2c(C)cccn12. The molecule has 2 aromatic heterocycles. The van der Waals surface area contributed by atoms with Crippen LogP contribution in [-0.4, -0.2) is 15.3 Å². The summed E-state index contributed by atoms with van der Waals surface area (Å²) in [6, 6.07) is 18.3. The third-order valence-electron chi connectivity index (χ3n) is 5.47. The van der Waals surface area contributed by atoms with Crippen LogP contribution < -0.4 is 5.32 Å². The summed E-state index contributed by atoms with van der Waals surface area (Å²) in [5.74, 6) is -0.473. The van der Waals surface area contributed by atoms with E-state index in [0.717, 1.165) is 33.6 Å². The number of benzene rings is 2. The number of fused-ring (bicyclic) bond motifs is 1. The molecule has 4 nitrogen and oxygen atoms in total. The first kappa shape index (κ1) is 19.8. The minimum absolute atomic E-state index is 0.0600. The maximum Gasteiger partial charge on any atom is 0.221 e.